The van der Waals surface area contributed by atoms with Gasteiger partial charge in [0, 0.05) is 29.5 Å². The summed E-state index contributed by atoms with van der Waals surface area (Å²) in [6.45, 7) is 3.81. The summed E-state index contributed by atoms with van der Waals surface area (Å²) < 4.78 is 0. The van der Waals surface area contributed by atoms with Gasteiger partial charge in [0.2, 0.25) is 0 Å². The largest absolute Gasteiger partial charge is 0.352 e. The molecule has 0 radical (unpaired) electrons. The lowest BCUT2D eigenvalue weighted by Gasteiger charge is -2.21. The van der Waals surface area contributed by atoms with Gasteiger partial charge in [-0.25, -0.2) is 15.0 Å². The summed E-state index contributed by atoms with van der Waals surface area (Å²) in [6, 6.07) is 7.89. The van der Waals surface area contributed by atoms with Gasteiger partial charge in [-0.05, 0) is 31.5 Å². The van der Waals surface area contributed by atoms with Crippen molar-refractivity contribution in [2.24, 2.45) is 0 Å². The predicted molar refractivity (Wildman–Crippen MR) is 85.1 cm³/mol. The topological polar surface area (TPSA) is 90.3 Å². The van der Waals surface area contributed by atoms with Crippen molar-refractivity contribution >= 4 is 16.9 Å². The Morgan fingerprint density at radius 2 is 2.18 bits per heavy atom. The highest BCUT2D eigenvalue weighted by molar-refractivity contribution is 5.91. The molecule has 110 valence electrons. The second-order valence-electron chi connectivity index (χ2n) is 5.29. The van der Waals surface area contributed by atoms with Crippen molar-refractivity contribution in [2.45, 2.75) is 25.8 Å². The molecule has 3 rings (SSSR count). The molecule has 0 bridgehead atoms. The second-order valence-corrected chi connectivity index (χ2v) is 5.29. The molecular weight excluding hydrogens is 276 g/mol. The molecule has 0 spiro atoms. The number of anilines is 1. The van der Waals surface area contributed by atoms with Crippen LogP contribution in [0.1, 0.15) is 20.3 Å². The Labute approximate surface area is 128 Å². The van der Waals surface area contributed by atoms with Crippen LogP contribution >= 0.6 is 0 Å². The van der Waals surface area contributed by atoms with Crippen molar-refractivity contribution in [3.63, 3.8) is 0 Å². The van der Waals surface area contributed by atoms with Crippen LogP contribution in [0.2, 0.25) is 0 Å². The Balaban J connectivity index is 2.00. The molecule has 1 unspecified atom stereocenters. The maximum atomic E-state index is 9.27. The van der Waals surface area contributed by atoms with E-state index in [2.05, 4.69) is 31.3 Å². The number of hydrogen-bond acceptors (Lipinski definition) is 5. The number of nitrogens with zero attached hydrogens (tertiary/aromatic N) is 4. The molecule has 0 saturated carbocycles. The molecule has 2 N–H and O–H groups in total. The first kappa shape index (κ1) is 14.0. The highest BCUT2D eigenvalue weighted by Gasteiger charge is 2.21. The molecule has 3 aromatic rings. The van der Waals surface area contributed by atoms with Crippen LogP contribution in [-0.4, -0.2) is 25.5 Å². The minimum Gasteiger partial charge on any atom is -0.352 e. The van der Waals surface area contributed by atoms with E-state index >= 15 is 0 Å². The van der Waals surface area contributed by atoms with Gasteiger partial charge in [0.05, 0.1) is 6.07 Å². The molecule has 0 aliphatic rings. The van der Waals surface area contributed by atoms with Crippen molar-refractivity contribution in [2.75, 3.05) is 5.32 Å². The molecule has 0 aromatic carbocycles. The molecule has 0 aliphatic heterocycles. The third-order valence-corrected chi connectivity index (χ3v) is 3.71. The third kappa shape index (κ3) is 2.49. The Bertz CT molecular complexity index is 847. The molecule has 3 aromatic heterocycles. The smallest absolute Gasteiger partial charge is 0.163 e. The zero-order valence-electron chi connectivity index (χ0n) is 12.5. The van der Waals surface area contributed by atoms with Crippen molar-refractivity contribution in [1.29, 1.82) is 5.26 Å². The lowest BCUT2D eigenvalue weighted by Crippen LogP contribution is -2.32. The van der Waals surface area contributed by atoms with Crippen LogP contribution in [0.15, 0.2) is 36.8 Å². The van der Waals surface area contributed by atoms with Crippen LogP contribution in [0.5, 0.6) is 0 Å². The monoisotopic (exact) mass is 292 g/mol. The van der Waals surface area contributed by atoms with Gasteiger partial charge in [0.1, 0.15) is 17.0 Å². The van der Waals surface area contributed by atoms with E-state index in [9.17, 15) is 5.26 Å². The van der Waals surface area contributed by atoms with Crippen LogP contribution in [0, 0.1) is 11.3 Å². The molecule has 1 atom stereocenters. The number of aromatic amines is 1. The minimum absolute atomic E-state index is 0.598. The maximum Gasteiger partial charge on any atom is 0.163 e. The summed E-state index contributed by atoms with van der Waals surface area (Å²) in [5, 5.41) is 13.4. The SMILES string of the molecule is CCC(C)(C#N)Nc1ccnc(-c2c[nH]c3ncccc23)n1. The van der Waals surface area contributed by atoms with Gasteiger partial charge in [-0.15, -0.1) is 0 Å². The summed E-state index contributed by atoms with van der Waals surface area (Å²) in [7, 11) is 0. The van der Waals surface area contributed by atoms with Gasteiger partial charge in [0.25, 0.3) is 0 Å². The maximum absolute atomic E-state index is 9.27. The average molecular weight is 292 g/mol. The summed E-state index contributed by atoms with van der Waals surface area (Å²) in [5.74, 6) is 1.23. The Morgan fingerprint density at radius 1 is 1.32 bits per heavy atom. The second kappa shape index (κ2) is 5.45. The lowest BCUT2D eigenvalue weighted by atomic mass is 10.0. The Hall–Kier alpha value is -2.94. The summed E-state index contributed by atoms with van der Waals surface area (Å²) in [6.07, 6.45) is 5.95. The van der Waals surface area contributed by atoms with Crippen LogP contribution in [0.4, 0.5) is 5.82 Å². The summed E-state index contributed by atoms with van der Waals surface area (Å²) in [4.78, 5) is 16.2. The first-order valence-corrected chi connectivity index (χ1v) is 7.10. The molecule has 6 heteroatoms. The highest BCUT2D eigenvalue weighted by atomic mass is 15.1. The van der Waals surface area contributed by atoms with E-state index in [0.29, 0.717) is 18.1 Å². The number of fused-ring (bicyclic) bond motifs is 1. The lowest BCUT2D eigenvalue weighted by molar-refractivity contribution is 0.623. The normalized spacial score (nSPS) is 13.5. The Morgan fingerprint density at radius 3 is 2.95 bits per heavy atom. The van der Waals surface area contributed by atoms with E-state index in [4.69, 9.17) is 0 Å². The van der Waals surface area contributed by atoms with E-state index in [-0.39, 0.29) is 0 Å². The molecule has 0 fully saturated rings. The van der Waals surface area contributed by atoms with Gasteiger partial charge in [-0.2, -0.15) is 5.26 Å². The molecule has 22 heavy (non-hydrogen) atoms. The van der Waals surface area contributed by atoms with E-state index in [0.717, 1.165) is 16.6 Å². The van der Waals surface area contributed by atoms with Crippen molar-refractivity contribution in [3.05, 3.63) is 36.8 Å². The molecule has 3 heterocycles. The number of nitriles is 1. The number of nitrogens with one attached hydrogen (secondary N) is 2. The summed E-state index contributed by atoms with van der Waals surface area (Å²) in [5.41, 5.74) is 1.05. The van der Waals surface area contributed by atoms with E-state index < -0.39 is 5.54 Å². The fraction of sp³-hybridized carbons (Fsp3) is 0.250. The minimum atomic E-state index is -0.645. The van der Waals surface area contributed by atoms with Gasteiger partial charge < -0.3 is 10.3 Å². The number of pyridine rings is 1. The predicted octanol–water partition coefficient (Wildman–Crippen LogP) is 3.12. The van der Waals surface area contributed by atoms with Crippen LogP contribution in [0.3, 0.4) is 0 Å². The molecule has 0 aliphatic carbocycles. The number of H-pyrrole nitrogens is 1. The zero-order valence-corrected chi connectivity index (χ0v) is 12.5. The number of rotatable bonds is 4. The van der Waals surface area contributed by atoms with Gasteiger partial charge in [-0.3, -0.25) is 0 Å². The van der Waals surface area contributed by atoms with Gasteiger partial charge >= 0.3 is 0 Å². The van der Waals surface area contributed by atoms with E-state index in [1.807, 2.05) is 32.2 Å². The number of hydrogen-bond donors (Lipinski definition) is 2. The standard InChI is InChI=1S/C16H16N6/c1-3-16(2,10-17)22-13-6-8-19-15(21-13)12-9-20-14-11(12)5-4-7-18-14/h4-9H,3H2,1-2H3,(H,18,20)(H,19,21,22). The molecule has 6 nitrogen and oxygen atoms in total. The quantitative estimate of drug-likeness (QED) is 0.771. The van der Waals surface area contributed by atoms with E-state index in [1.54, 1.807) is 18.5 Å². The number of aromatic nitrogens is 4. The fourth-order valence-corrected chi connectivity index (χ4v) is 2.18. The summed E-state index contributed by atoms with van der Waals surface area (Å²) >= 11 is 0. The third-order valence-electron chi connectivity index (χ3n) is 3.71. The molecular formula is C16H16N6. The zero-order chi connectivity index (χ0) is 15.6. The van der Waals surface area contributed by atoms with Crippen molar-refractivity contribution in [1.82, 2.24) is 19.9 Å². The highest BCUT2D eigenvalue weighted by Crippen LogP contribution is 2.25. The van der Waals surface area contributed by atoms with Gasteiger partial charge in [0.15, 0.2) is 5.82 Å². The van der Waals surface area contributed by atoms with Gasteiger partial charge in [-0.1, -0.05) is 6.92 Å². The van der Waals surface area contributed by atoms with Crippen LogP contribution < -0.4 is 5.32 Å². The fourth-order valence-electron chi connectivity index (χ4n) is 2.18. The Kier molecular flexibility index (Phi) is 3.47. The van der Waals surface area contributed by atoms with E-state index in [1.165, 1.54) is 0 Å². The van der Waals surface area contributed by atoms with Crippen molar-refractivity contribution in [3.8, 4) is 17.5 Å². The molecule has 0 saturated heterocycles. The van der Waals surface area contributed by atoms with Crippen LogP contribution in [-0.2, 0) is 0 Å². The van der Waals surface area contributed by atoms with Crippen molar-refractivity contribution < 1.29 is 0 Å². The van der Waals surface area contributed by atoms with Crippen LogP contribution in [0.25, 0.3) is 22.4 Å². The first-order chi connectivity index (χ1) is 10.6. The first-order valence-electron chi connectivity index (χ1n) is 7.10. The molecule has 0 amide bonds. The average Bonchev–Trinajstić information content (AvgIpc) is 2.99.